The monoisotopic (exact) mass is 422 g/mol. The molecule has 5 atom stereocenters. The van der Waals surface area contributed by atoms with Gasteiger partial charge in [0.1, 0.15) is 0 Å². The first-order valence-corrected chi connectivity index (χ1v) is 11.1. The molecule has 2 aliphatic carbocycles. The third kappa shape index (κ3) is 3.88. The van der Waals surface area contributed by atoms with Crippen molar-refractivity contribution in [1.82, 2.24) is 10.6 Å². The Morgan fingerprint density at radius 1 is 1.13 bits per heavy atom. The maximum Gasteiger partial charge on any atom is 0.280 e. The van der Waals surface area contributed by atoms with Crippen molar-refractivity contribution in [2.24, 2.45) is 16.7 Å². The minimum atomic E-state index is -2.95. The summed E-state index contributed by atoms with van der Waals surface area (Å²) in [5.41, 5.74) is -0.303. The number of alkyl halides is 3. The van der Waals surface area contributed by atoms with E-state index in [4.69, 9.17) is 0 Å². The van der Waals surface area contributed by atoms with E-state index in [0.29, 0.717) is 25.8 Å². The summed E-state index contributed by atoms with van der Waals surface area (Å²) in [5.74, 6) is -3.01. The number of carbonyl (C=O) groups excluding carboxylic acids is 1. The third-order valence-electron chi connectivity index (χ3n) is 7.74. The number of fused-ring (bicyclic) bond motifs is 2. The van der Waals surface area contributed by atoms with E-state index >= 15 is 0 Å². The second-order valence-electron chi connectivity index (χ2n) is 10.7. The predicted molar refractivity (Wildman–Crippen MR) is 111 cm³/mol. The van der Waals surface area contributed by atoms with Crippen molar-refractivity contribution >= 4 is 5.91 Å². The number of carbonyl (C=O) groups is 1. The van der Waals surface area contributed by atoms with E-state index in [2.05, 4.69) is 22.8 Å². The first kappa shape index (κ1) is 21.7. The van der Waals surface area contributed by atoms with Crippen LogP contribution in [0.15, 0.2) is 30.3 Å². The molecule has 1 aromatic rings. The minimum Gasteiger partial charge on any atom is -0.347 e. The largest absolute Gasteiger partial charge is 0.347 e. The Balaban J connectivity index is 1.63. The number of benzene rings is 1. The van der Waals surface area contributed by atoms with E-state index in [1.165, 1.54) is 0 Å². The van der Waals surface area contributed by atoms with Gasteiger partial charge >= 0.3 is 0 Å². The molecule has 0 spiro atoms. The molecular weight excluding hydrogens is 389 g/mol. The summed E-state index contributed by atoms with van der Waals surface area (Å²) < 4.78 is 42.7. The topological polar surface area (TPSA) is 41.1 Å². The van der Waals surface area contributed by atoms with Gasteiger partial charge in [-0.3, -0.25) is 9.18 Å². The molecule has 0 aromatic heterocycles. The van der Waals surface area contributed by atoms with Gasteiger partial charge in [-0.2, -0.15) is 0 Å². The second kappa shape index (κ2) is 7.54. The fourth-order valence-electron chi connectivity index (χ4n) is 6.75. The summed E-state index contributed by atoms with van der Waals surface area (Å²) in [4.78, 5) is 13.4. The lowest BCUT2D eigenvalue weighted by Gasteiger charge is -2.57. The van der Waals surface area contributed by atoms with Gasteiger partial charge in [-0.15, -0.1) is 0 Å². The molecule has 1 heterocycles. The van der Waals surface area contributed by atoms with Gasteiger partial charge in [0, 0.05) is 5.41 Å². The number of halogens is 3. The fraction of sp³-hybridized carbons (Fsp3) is 0.708. The smallest absolute Gasteiger partial charge is 0.280 e. The Labute approximate surface area is 177 Å². The molecule has 2 saturated carbocycles. The van der Waals surface area contributed by atoms with E-state index in [1.54, 1.807) is 0 Å². The average molecular weight is 423 g/mol. The van der Waals surface area contributed by atoms with Gasteiger partial charge in [0.2, 0.25) is 5.91 Å². The van der Waals surface area contributed by atoms with Crippen LogP contribution in [0, 0.1) is 16.7 Å². The van der Waals surface area contributed by atoms with E-state index in [-0.39, 0.29) is 30.3 Å². The number of hydrogen-bond acceptors (Lipinski definition) is 2. The van der Waals surface area contributed by atoms with E-state index < -0.39 is 29.3 Å². The van der Waals surface area contributed by atoms with Gasteiger partial charge in [-0.05, 0) is 67.4 Å². The molecule has 3 nitrogen and oxygen atoms in total. The fourth-order valence-corrected chi connectivity index (χ4v) is 6.75. The molecule has 4 unspecified atom stereocenters. The zero-order valence-corrected chi connectivity index (χ0v) is 17.9. The lowest BCUT2D eigenvalue weighted by Crippen LogP contribution is -2.61. The van der Waals surface area contributed by atoms with Crippen molar-refractivity contribution in [1.29, 1.82) is 0 Å². The van der Waals surface area contributed by atoms with Gasteiger partial charge in [0.05, 0.1) is 19.3 Å². The third-order valence-corrected chi connectivity index (χ3v) is 7.74. The van der Waals surface area contributed by atoms with Crippen molar-refractivity contribution in [2.75, 3.05) is 19.8 Å². The van der Waals surface area contributed by atoms with Crippen LogP contribution in [0.25, 0.3) is 0 Å². The molecule has 6 heteroatoms. The molecule has 1 saturated heterocycles. The first-order chi connectivity index (χ1) is 14.1. The lowest BCUT2D eigenvalue weighted by atomic mass is 9.47. The minimum absolute atomic E-state index is 0.206. The van der Waals surface area contributed by atoms with Crippen LogP contribution in [0.2, 0.25) is 0 Å². The van der Waals surface area contributed by atoms with Crippen LogP contribution < -0.4 is 10.6 Å². The van der Waals surface area contributed by atoms with Gasteiger partial charge < -0.3 is 10.6 Å². The highest BCUT2D eigenvalue weighted by Crippen LogP contribution is 2.61. The summed E-state index contributed by atoms with van der Waals surface area (Å²) in [7, 11) is 0. The van der Waals surface area contributed by atoms with Crippen LogP contribution in [-0.4, -0.2) is 37.6 Å². The number of nitrogens with one attached hydrogen (secondary N) is 2. The maximum absolute atomic E-state index is 14.3. The lowest BCUT2D eigenvalue weighted by molar-refractivity contribution is -0.143. The first-order valence-electron chi connectivity index (χ1n) is 11.1. The van der Waals surface area contributed by atoms with E-state index in [1.807, 2.05) is 32.0 Å². The van der Waals surface area contributed by atoms with Gasteiger partial charge in [0.15, 0.2) is 0 Å². The highest BCUT2D eigenvalue weighted by Gasteiger charge is 2.57. The van der Waals surface area contributed by atoms with Gasteiger partial charge in [0.25, 0.3) is 5.92 Å². The summed E-state index contributed by atoms with van der Waals surface area (Å²) in [6.07, 6.45) is 3.77. The molecule has 1 amide bonds. The quantitative estimate of drug-likeness (QED) is 0.744. The van der Waals surface area contributed by atoms with Crippen LogP contribution >= 0.6 is 0 Å². The maximum atomic E-state index is 14.3. The Kier molecular flexibility index (Phi) is 5.44. The van der Waals surface area contributed by atoms with Crippen molar-refractivity contribution in [3.05, 3.63) is 35.9 Å². The highest BCUT2D eigenvalue weighted by atomic mass is 19.3. The zero-order chi connectivity index (χ0) is 21.6. The Bertz CT molecular complexity index is 788. The molecule has 2 N–H and O–H groups in total. The van der Waals surface area contributed by atoms with Gasteiger partial charge in [-0.1, -0.05) is 44.2 Å². The van der Waals surface area contributed by atoms with Crippen molar-refractivity contribution < 1.29 is 18.0 Å². The molecule has 2 bridgehead atoms. The molecular formula is C24H33F3N2O. The van der Waals surface area contributed by atoms with Crippen molar-refractivity contribution in [2.45, 2.75) is 69.8 Å². The molecule has 0 radical (unpaired) electrons. The summed E-state index contributed by atoms with van der Waals surface area (Å²) in [5, 5.41) is 5.41. The molecule has 1 aromatic carbocycles. The van der Waals surface area contributed by atoms with Crippen LogP contribution in [0.1, 0.15) is 57.9 Å². The SMILES string of the molecule is CC1(C(=O)NC2CCNCC2(F)F)CC2CC(c3ccccc3)(C1)C[C@@](C)(CF)C2. The number of rotatable bonds is 4. The van der Waals surface area contributed by atoms with Crippen LogP contribution in [0.5, 0.6) is 0 Å². The average Bonchev–Trinajstić information content (AvgIpc) is 2.69. The highest BCUT2D eigenvalue weighted by molar-refractivity contribution is 5.83. The standard InChI is InChI=1S/C24H33F3N2O/c1-21(15-25)10-17-11-22(2,20(30)29-19-8-9-28-16-24(19,26)27)14-23(12-17,13-21)18-6-4-3-5-7-18/h3-7,17,19,28H,8-16H2,1-2H3,(H,29,30)/t17?,19?,21-,22?,23?/m0/s1. The Morgan fingerprint density at radius 3 is 2.53 bits per heavy atom. The van der Waals surface area contributed by atoms with Crippen molar-refractivity contribution in [3.63, 3.8) is 0 Å². The second-order valence-corrected chi connectivity index (χ2v) is 10.7. The Hall–Kier alpha value is -1.56. The normalized spacial score (nSPS) is 40.6. The van der Waals surface area contributed by atoms with E-state index in [9.17, 15) is 18.0 Å². The molecule has 30 heavy (non-hydrogen) atoms. The van der Waals surface area contributed by atoms with Crippen LogP contribution in [0.4, 0.5) is 13.2 Å². The molecule has 4 rings (SSSR count). The molecule has 3 fully saturated rings. The Morgan fingerprint density at radius 2 is 1.87 bits per heavy atom. The van der Waals surface area contributed by atoms with Crippen LogP contribution in [0.3, 0.4) is 0 Å². The summed E-state index contributed by atoms with van der Waals surface area (Å²) >= 11 is 0. The summed E-state index contributed by atoms with van der Waals surface area (Å²) in [6.45, 7) is 3.63. The predicted octanol–water partition coefficient (Wildman–Crippen LogP) is 4.61. The van der Waals surface area contributed by atoms with Gasteiger partial charge in [-0.25, -0.2) is 8.78 Å². The van der Waals surface area contributed by atoms with Crippen LogP contribution in [-0.2, 0) is 10.2 Å². The number of amides is 1. The van der Waals surface area contributed by atoms with Crippen molar-refractivity contribution in [3.8, 4) is 0 Å². The molecule has 3 aliphatic rings. The number of piperidine rings is 1. The number of hydrogen-bond donors (Lipinski definition) is 2. The summed E-state index contributed by atoms with van der Waals surface area (Å²) in [6, 6.07) is 8.96. The van der Waals surface area contributed by atoms with E-state index in [0.717, 1.165) is 18.4 Å². The molecule has 1 aliphatic heterocycles. The molecule has 166 valence electrons. The zero-order valence-electron chi connectivity index (χ0n) is 17.9.